The largest absolute Gasteiger partial charge is 0.317 e. The highest BCUT2D eigenvalue weighted by Crippen LogP contribution is 2.31. The van der Waals surface area contributed by atoms with Gasteiger partial charge in [-0.05, 0) is 30.0 Å². The van der Waals surface area contributed by atoms with E-state index in [1.165, 1.54) is 5.56 Å². The average molecular weight is 399 g/mol. The number of amides is 2. The van der Waals surface area contributed by atoms with Crippen molar-refractivity contribution in [1.29, 1.82) is 0 Å². The number of nitrogens with one attached hydrogen (secondary N) is 2. The molecule has 0 saturated heterocycles. The van der Waals surface area contributed by atoms with E-state index in [-0.39, 0.29) is 18.0 Å². The van der Waals surface area contributed by atoms with Gasteiger partial charge in [-0.25, -0.2) is 5.43 Å². The highest BCUT2D eigenvalue weighted by Gasteiger charge is 2.36. The maximum absolute atomic E-state index is 13.0. The topological polar surface area (TPSA) is 61.4 Å². The van der Waals surface area contributed by atoms with Crippen molar-refractivity contribution in [3.63, 3.8) is 0 Å². The lowest BCUT2D eigenvalue weighted by Gasteiger charge is -2.26. The Hall–Kier alpha value is -3.44. The number of hydrogen-bond acceptors (Lipinski definition) is 3. The van der Waals surface area contributed by atoms with E-state index in [0.29, 0.717) is 24.9 Å². The van der Waals surface area contributed by atoms with Crippen molar-refractivity contribution in [2.24, 2.45) is 0 Å². The third-order valence-corrected chi connectivity index (χ3v) is 5.37. The monoisotopic (exact) mass is 399 g/mol. The molecule has 2 N–H and O–H groups in total. The summed E-state index contributed by atoms with van der Waals surface area (Å²) in [5, 5.41) is 0. The molecule has 0 bridgehead atoms. The highest BCUT2D eigenvalue weighted by molar-refractivity contribution is 5.99. The van der Waals surface area contributed by atoms with E-state index in [1.54, 1.807) is 4.90 Å². The minimum absolute atomic E-state index is 0.0161. The van der Waals surface area contributed by atoms with Crippen molar-refractivity contribution in [3.05, 3.63) is 107 Å². The second-order valence-electron chi connectivity index (χ2n) is 7.40. The molecular weight excluding hydrogens is 374 g/mol. The number of rotatable bonds is 8. The van der Waals surface area contributed by atoms with E-state index in [4.69, 9.17) is 0 Å². The normalized spacial score (nSPS) is 15.1. The van der Waals surface area contributed by atoms with Crippen LogP contribution in [0.1, 0.15) is 39.6 Å². The molecule has 1 aliphatic rings. The third kappa shape index (κ3) is 4.58. The standard InChI is InChI=1S/C25H25N3O2/c29-23(16-15-19-9-3-1-4-10-19)26-27-24-21-13-7-8-14-22(21)25(30)28(24)18-17-20-11-5-2-6-12-20/h1-14,24,27H,15-18H2,(H,26,29)/t24-/m1/s1. The zero-order valence-electron chi connectivity index (χ0n) is 16.8. The molecule has 1 heterocycles. The maximum Gasteiger partial charge on any atom is 0.255 e. The number of hydrazine groups is 1. The molecule has 3 aromatic carbocycles. The van der Waals surface area contributed by atoms with E-state index < -0.39 is 0 Å². The van der Waals surface area contributed by atoms with Crippen LogP contribution in [0.3, 0.4) is 0 Å². The summed E-state index contributed by atoms with van der Waals surface area (Å²) in [6, 6.07) is 27.6. The molecule has 152 valence electrons. The Balaban J connectivity index is 1.40. The van der Waals surface area contributed by atoms with Crippen LogP contribution in [0.5, 0.6) is 0 Å². The Morgan fingerprint density at radius 3 is 2.10 bits per heavy atom. The lowest BCUT2D eigenvalue weighted by Crippen LogP contribution is -2.46. The molecule has 0 spiro atoms. The molecule has 0 saturated carbocycles. The van der Waals surface area contributed by atoms with Crippen molar-refractivity contribution in [3.8, 4) is 0 Å². The van der Waals surface area contributed by atoms with Crippen LogP contribution >= 0.6 is 0 Å². The molecule has 0 radical (unpaired) electrons. The van der Waals surface area contributed by atoms with Gasteiger partial charge in [0.05, 0.1) is 0 Å². The molecule has 0 aliphatic carbocycles. The van der Waals surface area contributed by atoms with Crippen LogP contribution in [0, 0.1) is 0 Å². The number of carbonyl (C=O) groups is 2. The van der Waals surface area contributed by atoms with Crippen molar-refractivity contribution < 1.29 is 9.59 Å². The van der Waals surface area contributed by atoms with Gasteiger partial charge in [-0.2, -0.15) is 0 Å². The molecule has 0 fully saturated rings. The van der Waals surface area contributed by atoms with Crippen LogP contribution in [0.4, 0.5) is 0 Å². The van der Waals surface area contributed by atoms with Crippen molar-refractivity contribution >= 4 is 11.8 Å². The Morgan fingerprint density at radius 1 is 0.800 bits per heavy atom. The molecule has 5 nitrogen and oxygen atoms in total. The van der Waals surface area contributed by atoms with Gasteiger partial charge >= 0.3 is 0 Å². The fourth-order valence-electron chi connectivity index (χ4n) is 3.76. The first kappa shape index (κ1) is 19.9. The zero-order chi connectivity index (χ0) is 20.8. The van der Waals surface area contributed by atoms with E-state index in [1.807, 2.05) is 72.8 Å². The average Bonchev–Trinajstić information content (AvgIpc) is 3.07. The summed E-state index contributed by atoms with van der Waals surface area (Å²) in [6.45, 7) is 0.565. The fraction of sp³-hybridized carbons (Fsp3) is 0.200. The molecular formula is C25H25N3O2. The summed E-state index contributed by atoms with van der Waals surface area (Å²) >= 11 is 0. The van der Waals surface area contributed by atoms with Gasteiger partial charge < -0.3 is 4.90 Å². The fourth-order valence-corrected chi connectivity index (χ4v) is 3.76. The van der Waals surface area contributed by atoms with Crippen molar-refractivity contribution in [2.75, 3.05) is 6.54 Å². The van der Waals surface area contributed by atoms with E-state index in [9.17, 15) is 9.59 Å². The minimum Gasteiger partial charge on any atom is -0.317 e. The summed E-state index contributed by atoms with van der Waals surface area (Å²) in [7, 11) is 0. The molecule has 30 heavy (non-hydrogen) atoms. The summed E-state index contributed by atoms with van der Waals surface area (Å²) in [4.78, 5) is 27.1. The zero-order valence-corrected chi connectivity index (χ0v) is 16.8. The molecule has 1 atom stereocenters. The Morgan fingerprint density at radius 2 is 1.40 bits per heavy atom. The van der Waals surface area contributed by atoms with Crippen molar-refractivity contribution in [1.82, 2.24) is 15.8 Å². The van der Waals surface area contributed by atoms with Crippen LogP contribution in [0.15, 0.2) is 84.9 Å². The molecule has 3 aromatic rings. The Kier molecular flexibility index (Phi) is 6.20. The summed E-state index contributed by atoms with van der Waals surface area (Å²) in [5.41, 5.74) is 9.76. The van der Waals surface area contributed by atoms with E-state index in [0.717, 1.165) is 17.5 Å². The second-order valence-corrected chi connectivity index (χ2v) is 7.40. The molecule has 4 rings (SSSR count). The predicted octanol–water partition coefficient (Wildman–Crippen LogP) is 3.64. The van der Waals surface area contributed by atoms with E-state index >= 15 is 0 Å². The number of nitrogens with zero attached hydrogens (tertiary/aromatic N) is 1. The van der Waals surface area contributed by atoms with Crippen LogP contribution in [0.2, 0.25) is 0 Å². The van der Waals surface area contributed by atoms with E-state index in [2.05, 4.69) is 23.0 Å². The summed E-state index contributed by atoms with van der Waals surface area (Å²) in [6.07, 6.45) is 1.43. The smallest absolute Gasteiger partial charge is 0.255 e. The van der Waals surface area contributed by atoms with Gasteiger partial charge in [0.15, 0.2) is 0 Å². The first-order valence-corrected chi connectivity index (χ1v) is 10.2. The molecule has 1 aliphatic heterocycles. The lowest BCUT2D eigenvalue weighted by molar-refractivity contribution is -0.122. The van der Waals surface area contributed by atoms with Crippen molar-refractivity contribution in [2.45, 2.75) is 25.4 Å². The van der Waals surface area contributed by atoms with Gasteiger partial charge in [-0.3, -0.25) is 15.0 Å². The van der Waals surface area contributed by atoms with Crippen LogP contribution < -0.4 is 10.9 Å². The first-order chi connectivity index (χ1) is 14.7. The number of aryl methyl sites for hydroxylation is 1. The second kappa shape index (κ2) is 9.37. The quantitative estimate of drug-likeness (QED) is 0.569. The van der Waals surface area contributed by atoms with Gasteiger partial charge in [0.25, 0.3) is 5.91 Å². The van der Waals surface area contributed by atoms with Gasteiger partial charge in [-0.1, -0.05) is 78.9 Å². The Labute approximate surface area is 176 Å². The number of fused-ring (bicyclic) bond motifs is 1. The van der Waals surface area contributed by atoms with Crippen LogP contribution in [-0.2, 0) is 17.6 Å². The Bertz CT molecular complexity index is 1010. The number of carbonyl (C=O) groups excluding carboxylic acids is 2. The molecule has 0 aromatic heterocycles. The van der Waals surface area contributed by atoms with Gasteiger partial charge in [0.1, 0.15) is 6.17 Å². The molecule has 0 unspecified atom stereocenters. The predicted molar refractivity (Wildman–Crippen MR) is 116 cm³/mol. The minimum atomic E-state index is -0.377. The molecule has 2 amide bonds. The SMILES string of the molecule is O=C(CCc1ccccc1)NN[C@H]1c2ccccc2C(=O)N1CCc1ccccc1. The number of benzene rings is 3. The highest BCUT2D eigenvalue weighted by atomic mass is 16.2. The number of hydrogen-bond donors (Lipinski definition) is 2. The maximum atomic E-state index is 13.0. The van der Waals surface area contributed by atoms with Gasteiger partial charge in [0, 0.05) is 24.1 Å². The summed E-state index contributed by atoms with van der Waals surface area (Å²) < 4.78 is 0. The van der Waals surface area contributed by atoms with Gasteiger partial charge in [-0.15, -0.1) is 0 Å². The van der Waals surface area contributed by atoms with Crippen LogP contribution in [-0.4, -0.2) is 23.3 Å². The lowest BCUT2D eigenvalue weighted by atomic mass is 10.1. The first-order valence-electron chi connectivity index (χ1n) is 10.2. The van der Waals surface area contributed by atoms with Gasteiger partial charge in [0.2, 0.25) is 5.91 Å². The molecule has 5 heteroatoms. The van der Waals surface area contributed by atoms with Crippen LogP contribution in [0.25, 0.3) is 0 Å². The third-order valence-electron chi connectivity index (χ3n) is 5.37. The summed E-state index contributed by atoms with van der Waals surface area (Å²) in [5.74, 6) is -0.115.